The highest BCUT2D eigenvalue weighted by molar-refractivity contribution is 7.12. The van der Waals surface area contributed by atoms with E-state index in [1.54, 1.807) is 48.8 Å². The highest BCUT2D eigenvalue weighted by Gasteiger charge is 2.07. The standard InChI is InChI=1S/C20H19N3O3S/c24-19(22-11-3-12-23-20(25)18-5-2-13-27-18)15-6-8-16(9-7-15)26-17-4-1-10-21-14-17/h1-2,4-10,13-14H,3,11-12H2,(H,22,24)(H,23,25). The summed E-state index contributed by atoms with van der Waals surface area (Å²) in [5.74, 6) is 1.03. The molecule has 2 aromatic heterocycles. The molecule has 0 radical (unpaired) electrons. The van der Waals surface area contributed by atoms with Crippen molar-refractivity contribution in [2.75, 3.05) is 13.1 Å². The Hall–Kier alpha value is -3.19. The molecule has 0 bridgehead atoms. The average Bonchev–Trinajstić information content (AvgIpc) is 3.24. The summed E-state index contributed by atoms with van der Waals surface area (Å²) in [5.41, 5.74) is 0.552. The van der Waals surface area contributed by atoms with Gasteiger partial charge in [0, 0.05) is 24.8 Å². The Balaban J connectivity index is 1.38. The maximum atomic E-state index is 12.2. The second kappa shape index (κ2) is 9.49. The van der Waals surface area contributed by atoms with Crippen LogP contribution in [0, 0.1) is 0 Å². The van der Waals surface area contributed by atoms with Gasteiger partial charge in [0.05, 0.1) is 11.1 Å². The van der Waals surface area contributed by atoms with Gasteiger partial charge in [0.25, 0.3) is 11.8 Å². The number of thiophene rings is 1. The summed E-state index contributed by atoms with van der Waals surface area (Å²) in [5, 5.41) is 7.53. The lowest BCUT2D eigenvalue weighted by Crippen LogP contribution is -2.29. The maximum Gasteiger partial charge on any atom is 0.261 e. The predicted molar refractivity (Wildman–Crippen MR) is 104 cm³/mol. The molecule has 7 heteroatoms. The molecule has 0 atom stereocenters. The zero-order valence-electron chi connectivity index (χ0n) is 14.6. The second-order valence-corrected chi connectivity index (χ2v) is 6.61. The molecular weight excluding hydrogens is 362 g/mol. The fourth-order valence-electron chi connectivity index (χ4n) is 2.31. The van der Waals surface area contributed by atoms with Crippen molar-refractivity contribution < 1.29 is 14.3 Å². The normalized spacial score (nSPS) is 10.2. The number of carbonyl (C=O) groups is 2. The molecule has 138 valence electrons. The monoisotopic (exact) mass is 381 g/mol. The number of ether oxygens (including phenoxy) is 1. The molecule has 1 aromatic carbocycles. The van der Waals surface area contributed by atoms with E-state index in [0.717, 1.165) is 0 Å². The maximum absolute atomic E-state index is 12.2. The fraction of sp³-hybridized carbons (Fsp3) is 0.150. The van der Waals surface area contributed by atoms with Crippen LogP contribution < -0.4 is 15.4 Å². The molecule has 3 rings (SSSR count). The SMILES string of the molecule is O=C(NCCCNC(=O)c1cccs1)c1ccc(Oc2cccnc2)cc1. The fourth-order valence-corrected chi connectivity index (χ4v) is 2.95. The van der Waals surface area contributed by atoms with Crippen molar-refractivity contribution in [3.63, 3.8) is 0 Å². The summed E-state index contributed by atoms with van der Waals surface area (Å²) in [4.78, 5) is 28.6. The number of amides is 2. The number of nitrogens with one attached hydrogen (secondary N) is 2. The Morgan fingerprint density at radius 3 is 2.37 bits per heavy atom. The molecule has 0 saturated carbocycles. The predicted octanol–water partition coefficient (Wildman–Crippen LogP) is 3.49. The van der Waals surface area contributed by atoms with Gasteiger partial charge in [-0.1, -0.05) is 6.07 Å². The summed E-state index contributed by atoms with van der Waals surface area (Å²) in [6.45, 7) is 0.992. The summed E-state index contributed by atoms with van der Waals surface area (Å²) in [6, 6.07) is 14.1. The topological polar surface area (TPSA) is 80.3 Å². The van der Waals surface area contributed by atoms with Gasteiger partial charge in [0.2, 0.25) is 0 Å². The van der Waals surface area contributed by atoms with Crippen molar-refractivity contribution in [2.24, 2.45) is 0 Å². The van der Waals surface area contributed by atoms with Crippen LogP contribution in [-0.4, -0.2) is 29.9 Å². The van der Waals surface area contributed by atoms with E-state index in [0.29, 0.717) is 41.4 Å². The Morgan fingerprint density at radius 2 is 1.70 bits per heavy atom. The third-order valence-electron chi connectivity index (χ3n) is 3.66. The molecule has 6 nitrogen and oxygen atoms in total. The lowest BCUT2D eigenvalue weighted by Gasteiger charge is -2.08. The quantitative estimate of drug-likeness (QED) is 0.586. The first-order valence-electron chi connectivity index (χ1n) is 8.50. The molecule has 0 saturated heterocycles. The van der Waals surface area contributed by atoms with Crippen molar-refractivity contribution in [1.82, 2.24) is 15.6 Å². The summed E-state index contributed by atoms with van der Waals surface area (Å²) < 4.78 is 5.65. The molecule has 0 unspecified atom stereocenters. The van der Waals surface area contributed by atoms with Gasteiger partial charge in [0.15, 0.2) is 0 Å². The minimum Gasteiger partial charge on any atom is -0.456 e. The first-order chi connectivity index (χ1) is 13.2. The lowest BCUT2D eigenvalue weighted by molar-refractivity contribution is 0.0953. The highest BCUT2D eigenvalue weighted by atomic mass is 32.1. The molecule has 0 aliphatic heterocycles. The van der Waals surface area contributed by atoms with E-state index in [-0.39, 0.29) is 11.8 Å². The van der Waals surface area contributed by atoms with Crippen LogP contribution in [0.5, 0.6) is 11.5 Å². The van der Waals surface area contributed by atoms with E-state index in [9.17, 15) is 9.59 Å². The molecule has 2 amide bonds. The number of hydrogen-bond donors (Lipinski definition) is 2. The number of benzene rings is 1. The molecule has 3 aromatic rings. The van der Waals surface area contributed by atoms with Crippen LogP contribution in [0.25, 0.3) is 0 Å². The average molecular weight is 381 g/mol. The largest absolute Gasteiger partial charge is 0.456 e. The smallest absolute Gasteiger partial charge is 0.261 e. The van der Waals surface area contributed by atoms with Crippen molar-refractivity contribution in [2.45, 2.75) is 6.42 Å². The first-order valence-corrected chi connectivity index (χ1v) is 9.38. The van der Waals surface area contributed by atoms with Crippen LogP contribution in [0.2, 0.25) is 0 Å². The minimum absolute atomic E-state index is 0.0828. The number of hydrogen-bond acceptors (Lipinski definition) is 5. The number of pyridine rings is 1. The Kier molecular flexibility index (Phi) is 6.54. The van der Waals surface area contributed by atoms with E-state index in [2.05, 4.69) is 15.6 Å². The minimum atomic E-state index is -0.160. The van der Waals surface area contributed by atoms with E-state index < -0.39 is 0 Å². The second-order valence-electron chi connectivity index (χ2n) is 5.66. The number of aromatic nitrogens is 1. The van der Waals surface area contributed by atoms with Gasteiger partial charge in [-0.3, -0.25) is 14.6 Å². The van der Waals surface area contributed by atoms with Gasteiger partial charge >= 0.3 is 0 Å². The van der Waals surface area contributed by atoms with Gasteiger partial charge in [0.1, 0.15) is 11.5 Å². The Morgan fingerprint density at radius 1 is 0.926 bits per heavy atom. The van der Waals surface area contributed by atoms with Gasteiger partial charge < -0.3 is 15.4 Å². The zero-order chi connectivity index (χ0) is 18.9. The number of rotatable bonds is 8. The Labute approximate surface area is 161 Å². The summed E-state index contributed by atoms with van der Waals surface area (Å²) in [7, 11) is 0. The highest BCUT2D eigenvalue weighted by Crippen LogP contribution is 2.20. The molecule has 0 aliphatic rings. The van der Waals surface area contributed by atoms with Gasteiger partial charge in [-0.15, -0.1) is 11.3 Å². The van der Waals surface area contributed by atoms with Crippen molar-refractivity contribution in [1.29, 1.82) is 0 Å². The third-order valence-corrected chi connectivity index (χ3v) is 4.52. The van der Waals surface area contributed by atoms with E-state index in [4.69, 9.17) is 4.74 Å². The zero-order valence-corrected chi connectivity index (χ0v) is 15.4. The van der Waals surface area contributed by atoms with Crippen molar-refractivity contribution in [3.05, 3.63) is 76.7 Å². The molecule has 27 heavy (non-hydrogen) atoms. The molecule has 0 spiro atoms. The van der Waals surface area contributed by atoms with E-state index in [1.165, 1.54) is 11.3 Å². The van der Waals surface area contributed by atoms with E-state index >= 15 is 0 Å². The first kappa shape index (κ1) is 18.6. The van der Waals surface area contributed by atoms with E-state index in [1.807, 2.05) is 17.5 Å². The third kappa shape index (κ3) is 5.65. The van der Waals surface area contributed by atoms with Crippen LogP contribution in [0.3, 0.4) is 0 Å². The number of carbonyl (C=O) groups excluding carboxylic acids is 2. The van der Waals surface area contributed by atoms with Crippen LogP contribution in [0.1, 0.15) is 26.5 Å². The lowest BCUT2D eigenvalue weighted by atomic mass is 10.2. The molecule has 2 N–H and O–H groups in total. The van der Waals surface area contributed by atoms with Gasteiger partial charge in [-0.25, -0.2) is 0 Å². The molecule has 2 heterocycles. The van der Waals surface area contributed by atoms with Crippen LogP contribution in [0.4, 0.5) is 0 Å². The molecule has 0 aliphatic carbocycles. The van der Waals surface area contributed by atoms with Gasteiger partial charge in [-0.2, -0.15) is 0 Å². The molecule has 0 fully saturated rings. The summed E-state index contributed by atoms with van der Waals surface area (Å²) in [6.07, 6.45) is 3.96. The van der Waals surface area contributed by atoms with Crippen molar-refractivity contribution in [3.8, 4) is 11.5 Å². The Bertz CT molecular complexity index is 865. The van der Waals surface area contributed by atoms with Crippen molar-refractivity contribution >= 4 is 23.2 Å². The summed E-state index contributed by atoms with van der Waals surface area (Å²) >= 11 is 1.40. The van der Waals surface area contributed by atoms with Crippen LogP contribution in [-0.2, 0) is 0 Å². The van der Waals surface area contributed by atoms with Crippen LogP contribution >= 0.6 is 11.3 Å². The number of nitrogens with zero attached hydrogens (tertiary/aromatic N) is 1. The molecular formula is C20H19N3O3S. The van der Waals surface area contributed by atoms with Gasteiger partial charge in [-0.05, 0) is 54.3 Å². The van der Waals surface area contributed by atoms with Crippen LogP contribution in [0.15, 0.2) is 66.3 Å².